The van der Waals surface area contributed by atoms with Crippen molar-refractivity contribution < 1.29 is 0 Å². The van der Waals surface area contributed by atoms with Gasteiger partial charge in [-0.1, -0.05) is 30.0 Å². The second-order valence-corrected chi connectivity index (χ2v) is 6.72. The van der Waals surface area contributed by atoms with Gasteiger partial charge in [-0.3, -0.25) is 0 Å². The van der Waals surface area contributed by atoms with Crippen molar-refractivity contribution in [2.45, 2.75) is 42.1 Å². The van der Waals surface area contributed by atoms with Crippen LogP contribution in [0.15, 0.2) is 29.4 Å². The average molecular weight is 287 g/mol. The fraction of sp³-hybridized carbons (Fsp3) is 0.500. The predicted molar refractivity (Wildman–Crippen MR) is 79.0 cm³/mol. The normalized spacial score (nSPS) is 21.9. The number of hydrogen-bond acceptors (Lipinski definition) is 5. The number of aromatic nitrogens is 4. The standard InChI is InChI=1S/C14H17N5S/c1-2-4-13-10(3-1)5-8-12(9-15-13)20-14-16-17-18-19(14)11-6-7-11/h1-4,11-12,15H,5-9H2. The Hall–Kier alpha value is -1.56. The molecule has 1 saturated carbocycles. The van der Waals surface area contributed by atoms with E-state index in [4.69, 9.17) is 0 Å². The molecule has 1 aromatic carbocycles. The number of tetrazole rings is 1. The maximum atomic E-state index is 4.19. The molecule has 0 amide bonds. The predicted octanol–water partition coefficient (Wildman–Crippen LogP) is 2.53. The monoisotopic (exact) mass is 287 g/mol. The van der Waals surface area contributed by atoms with Crippen LogP contribution in [0.5, 0.6) is 0 Å². The molecule has 1 aromatic heterocycles. The zero-order chi connectivity index (χ0) is 13.4. The van der Waals surface area contributed by atoms with Crippen LogP contribution in [-0.2, 0) is 6.42 Å². The Morgan fingerprint density at radius 3 is 3.00 bits per heavy atom. The van der Waals surface area contributed by atoms with Gasteiger partial charge >= 0.3 is 0 Å². The van der Waals surface area contributed by atoms with Gasteiger partial charge in [-0.05, 0) is 47.7 Å². The summed E-state index contributed by atoms with van der Waals surface area (Å²) < 4.78 is 2.00. The lowest BCUT2D eigenvalue weighted by atomic mass is 10.1. The summed E-state index contributed by atoms with van der Waals surface area (Å²) in [4.78, 5) is 0. The van der Waals surface area contributed by atoms with Crippen LogP contribution in [0.25, 0.3) is 0 Å². The van der Waals surface area contributed by atoms with E-state index < -0.39 is 0 Å². The number of nitrogens with one attached hydrogen (secondary N) is 1. The lowest BCUT2D eigenvalue weighted by Gasteiger charge is -2.13. The minimum Gasteiger partial charge on any atom is -0.384 e. The molecule has 1 fully saturated rings. The van der Waals surface area contributed by atoms with Crippen molar-refractivity contribution in [1.29, 1.82) is 0 Å². The summed E-state index contributed by atoms with van der Waals surface area (Å²) in [5.74, 6) is 0. The molecule has 1 N–H and O–H groups in total. The molecule has 104 valence electrons. The highest BCUT2D eigenvalue weighted by atomic mass is 32.2. The molecule has 2 aliphatic rings. The van der Waals surface area contributed by atoms with E-state index in [1.54, 1.807) is 0 Å². The molecule has 2 heterocycles. The summed E-state index contributed by atoms with van der Waals surface area (Å²) in [6.45, 7) is 0.971. The highest BCUT2D eigenvalue weighted by Crippen LogP contribution is 2.38. The molecule has 0 saturated heterocycles. The molecular weight excluding hydrogens is 270 g/mol. The highest BCUT2D eigenvalue weighted by Gasteiger charge is 2.29. The fourth-order valence-electron chi connectivity index (χ4n) is 2.61. The van der Waals surface area contributed by atoms with Crippen LogP contribution in [-0.4, -0.2) is 32.0 Å². The SMILES string of the molecule is c1ccc2c(c1)CCC(Sc1nnnn1C1CC1)CN2. The lowest BCUT2D eigenvalue weighted by molar-refractivity contribution is 0.564. The number of rotatable bonds is 3. The molecule has 0 radical (unpaired) electrons. The Morgan fingerprint density at radius 2 is 2.10 bits per heavy atom. The van der Waals surface area contributed by atoms with Gasteiger partial charge in [-0.15, -0.1) is 5.10 Å². The summed E-state index contributed by atoms with van der Waals surface area (Å²) >= 11 is 1.81. The Kier molecular flexibility index (Phi) is 3.10. The maximum absolute atomic E-state index is 4.19. The van der Waals surface area contributed by atoms with E-state index in [9.17, 15) is 0 Å². The molecule has 1 unspecified atom stereocenters. The number of aryl methyl sites for hydroxylation is 1. The summed E-state index contributed by atoms with van der Waals surface area (Å²) in [5.41, 5.74) is 2.69. The first-order valence-electron chi connectivity index (χ1n) is 7.16. The van der Waals surface area contributed by atoms with Gasteiger partial charge in [0.2, 0.25) is 5.16 Å². The second kappa shape index (κ2) is 5.09. The van der Waals surface area contributed by atoms with Crippen molar-refractivity contribution in [3.63, 3.8) is 0 Å². The van der Waals surface area contributed by atoms with Gasteiger partial charge in [0.15, 0.2) is 0 Å². The number of benzene rings is 1. The van der Waals surface area contributed by atoms with E-state index >= 15 is 0 Å². The summed E-state index contributed by atoms with van der Waals surface area (Å²) in [6.07, 6.45) is 4.71. The number of hydrogen-bond donors (Lipinski definition) is 1. The van der Waals surface area contributed by atoms with Crippen molar-refractivity contribution in [2.75, 3.05) is 11.9 Å². The van der Waals surface area contributed by atoms with E-state index in [0.717, 1.165) is 24.5 Å². The summed E-state index contributed by atoms with van der Waals surface area (Å²) in [6, 6.07) is 9.12. The first-order valence-corrected chi connectivity index (χ1v) is 8.04. The van der Waals surface area contributed by atoms with Gasteiger partial charge in [-0.2, -0.15) is 0 Å². The molecule has 0 bridgehead atoms. The van der Waals surface area contributed by atoms with Crippen LogP contribution in [0.4, 0.5) is 5.69 Å². The molecule has 2 aromatic rings. The molecule has 1 aliphatic carbocycles. The third kappa shape index (κ3) is 2.40. The molecule has 1 atom stereocenters. The zero-order valence-corrected chi connectivity index (χ0v) is 12.0. The van der Waals surface area contributed by atoms with Crippen molar-refractivity contribution in [3.8, 4) is 0 Å². The Labute approximate surface area is 122 Å². The average Bonchev–Trinajstić information content (AvgIpc) is 3.25. The smallest absolute Gasteiger partial charge is 0.209 e. The van der Waals surface area contributed by atoms with Gasteiger partial charge in [0, 0.05) is 17.5 Å². The molecular formula is C14H17N5S. The number of anilines is 1. The zero-order valence-electron chi connectivity index (χ0n) is 11.2. The van der Waals surface area contributed by atoms with E-state index in [0.29, 0.717) is 11.3 Å². The quantitative estimate of drug-likeness (QED) is 0.940. The summed E-state index contributed by atoms with van der Waals surface area (Å²) in [5, 5.41) is 17.2. The lowest BCUT2D eigenvalue weighted by Crippen LogP contribution is -2.15. The van der Waals surface area contributed by atoms with Crippen molar-refractivity contribution in [3.05, 3.63) is 29.8 Å². The van der Waals surface area contributed by atoms with Crippen molar-refractivity contribution >= 4 is 17.4 Å². The molecule has 1 aliphatic heterocycles. The second-order valence-electron chi connectivity index (χ2n) is 5.45. The minimum atomic E-state index is 0.519. The van der Waals surface area contributed by atoms with Crippen molar-refractivity contribution in [2.24, 2.45) is 0 Å². The van der Waals surface area contributed by atoms with E-state index in [1.165, 1.54) is 24.1 Å². The Balaban J connectivity index is 1.47. The highest BCUT2D eigenvalue weighted by molar-refractivity contribution is 7.99. The number of thioether (sulfide) groups is 1. The van der Waals surface area contributed by atoms with Crippen molar-refractivity contribution in [1.82, 2.24) is 20.2 Å². The third-order valence-electron chi connectivity index (χ3n) is 3.90. The first-order chi connectivity index (χ1) is 9.90. The van der Waals surface area contributed by atoms with Crippen LogP contribution in [0, 0.1) is 0 Å². The van der Waals surface area contributed by atoms with Crippen LogP contribution in [0.2, 0.25) is 0 Å². The molecule has 0 spiro atoms. The van der Waals surface area contributed by atoms with E-state index in [2.05, 4.69) is 45.1 Å². The van der Waals surface area contributed by atoms with Gasteiger partial charge in [0.05, 0.1) is 6.04 Å². The van der Waals surface area contributed by atoms with Crippen LogP contribution in [0.1, 0.15) is 30.9 Å². The van der Waals surface area contributed by atoms with Crippen LogP contribution >= 0.6 is 11.8 Å². The number of para-hydroxylation sites is 1. The van der Waals surface area contributed by atoms with Gasteiger partial charge in [-0.25, -0.2) is 4.68 Å². The Bertz CT molecular complexity index is 580. The number of nitrogens with zero attached hydrogens (tertiary/aromatic N) is 4. The van der Waals surface area contributed by atoms with Crippen LogP contribution < -0.4 is 5.32 Å². The van der Waals surface area contributed by atoms with Gasteiger partial charge in [0.1, 0.15) is 0 Å². The van der Waals surface area contributed by atoms with E-state index in [-0.39, 0.29) is 0 Å². The third-order valence-corrected chi connectivity index (χ3v) is 5.12. The molecule has 20 heavy (non-hydrogen) atoms. The molecule has 5 nitrogen and oxygen atoms in total. The van der Waals surface area contributed by atoms with Gasteiger partial charge < -0.3 is 5.32 Å². The Morgan fingerprint density at radius 1 is 1.20 bits per heavy atom. The largest absolute Gasteiger partial charge is 0.384 e. The minimum absolute atomic E-state index is 0.519. The fourth-order valence-corrected chi connectivity index (χ4v) is 3.69. The van der Waals surface area contributed by atoms with Crippen LogP contribution in [0.3, 0.4) is 0 Å². The summed E-state index contributed by atoms with van der Waals surface area (Å²) in [7, 11) is 0. The van der Waals surface area contributed by atoms with E-state index in [1.807, 2.05) is 16.4 Å². The van der Waals surface area contributed by atoms with Gasteiger partial charge in [0.25, 0.3) is 0 Å². The topological polar surface area (TPSA) is 55.6 Å². The number of fused-ring (bicyclic) bond motifs is 1. The first kappa shape index (κ1) is 12.2. The molecule has 4 rings (SSSR count). The maximum Gasteiger partial charge on any atom is 0.209 e. The molecule has 6 heteroatoms.